The fourth-order valence-electron chi connectivity index (χ4n) is 2.75. The number of nitrogens with one attached hydrogen (secondary N) is 1. The molecular formula is C18H20N2O3S. The molecule has 0 spiro atoms. The average molecular weight is 344 g/mol. The number of anilines is 1. The molecule has 2 aliphatic rings. The van der Waals surface area contributed by atoms with Crippen molar-refractivity contribution < 1.29 is 14.3 Å². The van der Waals surface area contributed by atoms with Gasteiger partial charge in [0.1, 0.15) is 12.4 Å². The van der Waals surface area contributed by atoms with Crippen LogP contribution in [-0.2, 0) is 4.74 Å². The summed E-state index contributed by atoms with van der Waals surface area (Å²) in [5.41, 5.74) is 1.70. The first kappa shape index (κ1) is 15.6. The van der Waals surface area contributed by atoms with Gasteiger partial charge in [-0.15, -0.1) is 11.3 Å². The standard InChI is InChI=1S/C18H20N2O3S/c21-17(20-18-19-16(11-24-18)12-3-4-12)13-5-7-14(8-6-13)23-10-15-2-1-9-22-15/h5-8,11-12,15H,1-4,9-10H2,(H,19,20,21)/t15-/m1/s1. The van der Waals surface area contributed by atoms with E-state index in [2.05, 4.69) is 10.3 Å². The molecule has 1 saturated heterocycles. The van der Waals surface area contributed by atoms with Crippen LogP contribution in [0.1, 0.15) is 47.7 Å². The van der Waals surface area contributed by atoms with Crippen LogP contribution in [0.3, 0.4) is 0 Å². The summed E-state index contributed by atoms with van der Waals surface area (Å²) in [5, 5.41) is 5.57. The van der Waals surface area contributed by atoms with Crippen LogP contribution >= 0.6 is 11.3 Å². The minimum Gasteiger partial charge on any atom is -0.491 e. The summed E-state index contributed by atoms with van der Waals surface area (Å²) >= 11 is 1.48. The zero-order valence-corrected chi connectivity index (χ0v) is 14.2. The Bertz CT molecular complexity index is 703. The molecule has 4 rings (SSSR count). The molecule has 1 aliphatic carbocycles. The van der Waals surface area contributed by atoms with Gasteiger partial charge >= 0.3 is 0 Å². The Morgan fingerprint density at radius 3 is 2.83 bits per heavy atom. The minimum atomic E-state index is -0.141. The van der Waals surface area contributed by atoms with Gasteiger partial charge in [0.15, 0.2) is 5.13 Å². The van der Waals surface area contributed by atoms with E-state index in [4.69, 9.17) is 9.47 Å². The molecular weight excluding hydrogens is 324 g/mol. The summed E-state index contributed by atoms with van der Waals surface area (Å²) in [5.74, 6) is 1.22. The van der Waals surface area contributed by atoms with Gasteiger partial charge in [-0.05, 0) is 49.9 Å². The third-order valence-electron chi connectivity index (χ3n) is 4.31. The molecule has 1 aromatic carbocycles. The predicted octanol–water partition coefficient (Wildman–Crippen LogP) is 3.83. The summed E-state index contributed by atoms with van der Waals surface area (Å²) < 4.78 is 11.2. The summed E-state index contributed by atoms with van der Waals surface area (Å²) in [4.78, 5) is 16.8. The van der Waals surface area contributed by atoms with Crippen LogP contribution in [0.25, 0.3) is 0 Å². The number of rotatable bonds is 6. The fraction of sp³-hybridized carbons (Fsp3) is 0.444. The van der Waals surface area contributed by atoms with Crippen LogP contribution in [0.5, 0.6) is 5.75 Å². The zero-order chi connectivity index (χ0) is 16.4. The largest absolute Gasteiger partial charge is 0.491 e. The van der Waals surface area contributed by atoms with Crippen LogP contribution in [-0.4, -0.2) is 30.2 Å². The molecule has 1 saturated carbocycles. The number of amides is 1. The van der Waals surface area contributed by atoms with Crippen molar-refractivity contribution in [1.29, 1.82) is 0 Å². The second-order valence-corrected chi connectivity index (χ2v) is 7.13. The van der Waals surface area contributed by atoms with Gasteiger partial charge in [0.05, 0.1) is 11.8 Å². The van der Waals surface area contributed by atoms with Crippen molar-refractivity contribution in [3.05, 3.63) is 40.9 Å². The molecule has 2 aromatic rings. The first-order valence-corrected chi connectivity index (χ1v) is 9.27. The van der Waals surface area contributed by atoms with Crippen molar-refractivity contribution in [2.45, 2.75) is 37.7 Å². The molecule has 0 bridgehead atoms. The quantitative estimate of drug-likeness (QED) is 0.865. The first-order chi connectivity index (χ1) is 11.8. The first-order valence-electron chi connectivity index (χ1n) is 8.39. The van der Waals surface area contributed by atoms with Gasteiger partial charge in [-0.25, -0.2) is 4.98 Å². The Kier molecular flexibility index (Phi) is 4.49. The van der Waals surface area contributed by atoms with Crippen LogP contribution in [0.15, 0.2) is 29.6 Å². The van der Waals surface area contributed by atoms with Crippen molar-refractivity contribution in [3.8, 4) is 5.75 Å². The van der Waals surface area contributed by atoms with E-state index in [1.807, 2.05) is 17.5 Å². The Hall–Kier alpha value is -1.92. The lowest BCUT2D eigenvalue weighted by Gasteiger charge is -2.11. The van der Waals surface area contributed by atoms with E-state index in [-0.39, 0.29) is 12.0 Å². The highest BCUT2D eigenvalue weighted by molar-refractivity contribution is 7.14. The van der Waals surface area contributed by atoms with Crippen molar-refractivity contribution >= 4 is 22.4 Å². The number of carbonyl (C=O) groups excluding carboxylic acids is 1. The smallest absolute Gasteiger partial charge is 0.257 e. The third-order valence-corrected chi connectivity index (χ3v) is 5.09. The maximum atomic E-state index is 12.3. The summed E-state index contributed by atoms with van der Waals surface area (Å²) in [6, 6.07) is 7.19. The van der Waals surface area contributed by atoms with Gasteiger partial charge in [-0.2, -0.15) is 0 Å². The van der Waals surface area contributed by atoms with Crippen molar-refractivity contribution in [3.63, 3.8) is 0 Å². The molecule has 6 heteroatoms. The van der Waals surface area contributed by atoms with Gasteiger partial charge in [0.2, 0.25) is 0 Å². The number of aromatic nitrogens is 1. The molecule has 24 heavy (non-hydrogen) atoms. The van der Waals surface area contributed by atoms with E-state index in [9.17, 15) is 4.79 Å². The number of nitrogens with zero attached hydrogens (tertiary/aromatic N) is 1. The minimum absolute atomic E-state index is 0.141. The number of hydrogen-bond acceptors (Lipinski definition) is 5. The van der Waals surface area contributed by atoms with Crippen LogP contribution in [0.2, 0.25) is 0 Å². The van der Waals surface area contributed by atoms with Gasteiger partial charge in [0, 0.05) is 23.5 Å². The SMILES string of the molecule is O=C(Nc1nc(C2CC2)cs1)c1ccc(OC[C@H]2CCCO2)cc1. The Balaban J connectivity index is 1.32. The van der Waals surface area contributed by atoms with Crippen molar-refractivity contribution in [2.24, 2.45) is 0 Å². The van der Waals surface area contributed by atoms with E-state index < -0.39 is 0 Å². The lowest BCUT2D eigenvalue weighted by atomic mass is 10.2. The molecule has 1 aliphatic heterocycles. The Morgan fingerprint density at radius 2 is 2.12 bits per heavy atom. The number of ether oxygens (including phenoxy) is 2. The molecule has 1 N–H and O–H groups in total. The predicted molar refractivity (Wildman–Crippen MR) is 93.0 cm³/mol. The number of thiazole rings is 1. The molecule has 1 aromatic heterocycles. The van der Waals surface area contributed by atoms with E-state index in [0.717, 1.165) is 30.9 Å². The third kappa shape index (κ3) is 3.76. The molecule has 2 fully saturated rings. The van der Waals surface area contributed by atoms with Gasteiger partial charge in [-0.1, -0.05) is 0 Å². The highest BCUT2D eigenvalue weighted by atomic mass is 32.1. The maximum Gasteiger partial charge on any atom is 0.257 e. The number of hydrogen-bond donors (Lipinski definition) is 1. The summed E-state index contributed by atoms with van der Waals surface area (Å²) in [7, 11) is 0. The van der Waals surface area contributed by atoms with E-state index in [0.29, 0.717) is 23.2 Å². The molecule has 1 amide bonds. The summed E-state index contributed by atoms with van der Waals surface area (Å²) in [6.07, 6.45) is 4.77. The fourth-order valence-corrected chi connectivity index (χ4v) is 3.53. The second-order valence-electron chi connectivity index (χ2n) is 6.28. The molecule has 5 nitrogen and oxygen atoms in total. The average Bonchev–Trinajstić information content (AvgIpc) is 3.13. The molecule has 2 heterocycles. The number of carbonyl (C=O) groups is 1. The molecule has 0 unspecified atom stereocenters. The molecule has 0 radical (unpaired) electrons. The lowest BCUT2D eigenvalue weighted by molar-refractivity contribution is 0.0679. The number of benzene rings is 1. The molecule has 126 valence electrons. The summed E-state index contributed by atoms with van der Waals surface area (Å²) in [6.45, 7) is 1.39. The normalized spacial score (nSPS) is 20.1. The highest BCUT2D eigenvalue weighted by Crippen LogP contribution is 2.40. The maximum absolute atomic E-state index is 12.3. The van der Waals surface area contributed by atoms with Crippen molar-refractivity contribution in [2.75, 3.05) is 18.5 Å². The monoisotopic (exact) mass is 344 g/mol. The topological polar surface area (TPSA) is 60.5 Å². The zero-order valence-electron chi connectivity index (χ0n) is 13.4. The van der Waals surface area contributed by atoms with Crippen LogP contribution in [0.4, 0.5) is 5.13 Å². The van der Waals surface area contributed by atoms with Crippen LogP contribution in [0, 0.1) is 0 Å². The Morgan fingerprint density at radius 1 is 1.29 bits per heavy atom. The van der Waals surface area contributed by atoms with Crippen molar-refractivity contribution in [1.82, 2.24) is 4.98 Å². The lowest BCUT2D eigenvalue weighted by Crippen LogP contribution is -2.16. The van der Waals surface area contributed by atoms with E-state index >= 15 is 0 Å². The van der Waals surface area contributed by atoms with E-state index in [1.165, 1.54) is 24.2 Å². The Labute approximate surface area is 145 Å². The van der Waals surface area contributed by atoms with E-state index in [1.54, 1.807) is 12.1 Å². The van der Waals surface area contributed by atoms with Gasteiger partial charge in [-0.3, -0.25) is 10.1 Å². The van der Waals surface area contributed by atoms with Gasteiger partial charge in [0.25, 0.3) is 5.91 Å². The van der Waals surface area contributed by atoms with Crippen LogP contribution < -0.4 is 10.1 Å². The van der Waals surface area contributed by atoms with Gasteiger partial charge < -0.3 is 9.47 Å². The second kappa shape index (κ2) is 6.91. The molecule has 1 atom stereocenters. The highest BCUT2D eigenvalue weighted by Gasteiger charge is 2.26.